The number of thiazole rings is 1. The van der Waals surface area contributed by atoms with Crippen molar-refractivity contribution in [1.29, 1.82) is 0 Å². The van der Waals surface area contributed by atoms with Gasteiger partial charge < -0.3 is 9.30 Å². The van der Waals surface area contributed by atoms with Gasteiger partial charge in [0.2, 0.25) is 0 Å². The Bertz CT molecular complexity index is 1320. The molecule has 0 saturated carbocycles. The molecule has 1 amide bonds. The predicted octanol–water partition coefficient (Wildman–Crippen LogP) is 3.03. The van der Waals surface area contributed by atoms with Crippen molar-refractivity contribution in [3.8, 4) is 0 Å². The van der Waals surface area contributed by atoms with Gasteiger partial charge in [-0.05, 0) is 55.3 Å². The Morgan fingerprint density at radius 2 is 1.83 bits per heavy atom. The summed E-state index contributed by atoms with van der Waals surface area (Å²) >= 11 is 1.29. The summed E-state index contributed by atoms with van der Waals surface area (Å²) in [5, 5.41) is 0. The second-order valence-corrected chi connectivity index (χ2v) is 10.1. The van der Waals surface area contributed by atoms with Gasteiger partial charge >= 0.3 is 5.97 Å². The molecule has 3 aromatic rings. The van der Waals surface area contributed by atoms with Gasteiger partial charge in [-0.15, -0.1) is 0 Å². The van der Waals surface area contributed by atoms with Crippen LogP contribution in [0.15, 0.2) is 46.3 Å². The Morgan fingerprint density at radius 1 is 1.13 bits per heavy atom. The summed E-state index contributed by atoms with van der Waals surface area (Å²) in [6, 6.07) is 9.76. The third kappa shape index (κ3) is 4.36. The maximum absolute atomic E-state index is 12.8. The van der Waals surface area contributed by atoms with Crippen LogP contribution >= 0.6 is 11.3 Å². The summed E-state index contributed by atoms with van der Waals surface area (Å²) in [6.45, 7) is 5.41. The lowest BCUT2D eigenvalue weighted by atomic mass is 10.1. The number of aromatic nitrogens is 1. The normalized spacial score (nSPS) is 12.3. The molecule has 0 bridgehead atoms. The first-order chi connectivity index (χ1) is 14.2. The Kier molecular flexibility index (Phi) is 6.23. The topological polar surface area (TPSA) is 94.8 Å². The Labute approximate surface area is 178 Å². The smallest absolute Gasteiger partial charge is 0.325 e. The number of amides is 1. The van der Waals surface area contributed by atoms with Gasteiger partial charge in [0.15, 0.2) is 14.6 Å². The van der Waals surface area contributed by atoms with Crippen molar-refractivity contribution < 1.29 is 22.7 Å². The third-order valence-corrected chi connectivity index (χ3v) is 7.60. The number of benzene rings is 2. The number of ether oxygens (including phenoxy) is 1. The van der Waals surface area contributed by atoms with Gasteiger partial charge in [-0.1, -0.05) is 24.3 Å². The van der Waals surface area contributed by atoms with Crippen LogP contribution in [0.4, 0.5) is 0 Å². The molecule has 1 aromatic heterocycles. The van der Waals surface area contributed by atoms with Crippen LogP contribution in [0.3, 0.4) is 0 Å². The third-order valence-electron chi connectivity index (χ3n) is 4.83. The fourth-order valence-electron chi connectivity index (χ4n) is 2.89. The number of nitrogens with zero attached hydrogens (tertiary/aromatic N) is 2. The van der Waals surface area contributed by atoms with E-state index in [2.05, 4.69) is 4.99 Å². The first-order valence-electron chi connectivity index (χ1n) is 9.25. The molecule has 0 N–H and O–H groups in total. The Morgan fingerprint density at radius 3 is 2.50 bits per heavy atom. The van der Waals surface area contributed by atoms with Gasteiger partial charge in [0, 0.05) is 5.56 Å². The lowest BCUT2D eigenvalue weighted by molar-refractivity contribution is -0.141. The van der Waals surface area contributed by atoms with Gasteiger partial charge in [-0.2, -0.15) is 4.99 Å². The summed E-state index contributed by atoms with van der Waals surface area (Å²) in [7, 11) is -2.14. The molecule has 30 heavy (non-hydrogen) atoms. The van der Waals surface area contributed by atoms with Crippen LogP contribution in [-0.4, -0.2) is 37.7 Å². The van der Waals surface area contributed by atoms with Crippen molar-refractivity contribution in [2.24, 2.45) is 4.99 Å². The summed E-state index contributed by atoms with van der Waals surface area (Å²) < 4.78 is 31.6. The van der Waals surface area contributed by atoms with E-state index in [1.54, 1.807) is 11.5 Å². The first kappa shape index (κ1) is 21.9. The zero-order chi connectivity index (χ0) is 22.1. The molecule has 0 radical (unpaired) electrons. The van der Waals surface area contributed by atoms with Crippen LogP contribution < -0.4 is 4.80 Å². The molecule has 7 nitrogen and oxygen atoms in total. The van der Waals surface area contributed by atoms with E-state index in [9.17, 15) is 18.0 Å². The number of aryl methyl sites for hydroxylation is 2. The van der Waals surface area contributed by atoms with E-state index in [0.29, 0.717) is 4.80 Å². The highest BCUT2D eigenvalue weighted by Gasteiger charge is 2.16. The molecule has 0 unspecified atom stereocenters. The van der Waals surface area contributed by atoms with Gasteiger partial charge in [0.05, 0.1) is 28.0 Å². The molecule has 0 aliphatic carbocycles. The monoisotopic (exact) mass is 446 g/mol. The van der Waals surface area contributed by atoms with E-state index in [1.165, 1.54) is 42.7 Å². The number of rotatable bonds is 5. The Balaban J connectivity index is 2.16. The van der Waals surface area contributed by atoms with E-state index < -0.39 is 21.7 Å². The second-order valence-electron chi connectivity index (χ2n) is 6.80. The minimum atomic E-state index is -3.44. The SMILES string of the molecule is CCS(=O)(=O)c1cccc(C(=O)N=c2sc3cc(C)c(C)cc3n2CC(=O)OC)c1. The van der Waals surface area contributed by atoms with Gasteiger partial charge in [-0.3, -0.25) is 9.59 Å². The minimum Gasteiger partial charge on any atom is -0.468 e. The summed E-state index contributed by atoms with van der Waals surface area (Å²) in [5.41, 5.74) is 3.08. The number of fused-ring (bicyclic) bond motifs is 1. The molecular formula is C21H22N2O5S2. The molecule has 0 spiro atoms. The van der Waals surface area contributed by atoms with E-state index >= 15 is 0 Å². The molecule has 0 atom stereocenters. The average molecular weight is 447 g/mol. The van der Waals surface area contributed by atoms with Crippen LogP contribution in [0.1, 0.15) is 28.4 Å². The van der Waals surface area contributed by atoms with Crippen LogP contribution in [-0.2, 0) is 25.9 Å². The fourth-order valence-corrected chi connectivity index (χ4v) is 4.93. The molecule has 0 fully saturated rings. The Hall–Kier alpha value is -2.78. The number of carbonyl (C=O) groups is 2. The first-order valence-corrected chi connectivity index (χ1v) is 11.7. The van der Waals surface area contributed by atoms with Crippen LogP contribution in [0, 0.1) is 13.8 Å². The number of methoxy groups -OCH3 is 1. The van der Waals surface area contributed by atoms with Crippen molar-refractivity contribution in [2.75, 3.05) is 12.9 Å². The van der Waals surface area contributed by atoms with Crippen molar-refractivity contribution in [2.45, 2.75) is 32.2 Å². The maximum Gasteiger partial charge on any atom is 0.325 e. The van der Waals surface area contributed by atoms with E-state index in [1.807, 2.05) is 26.0 Å². The lowest BCUT2D eigenvalue weighted by Crippen LogP contribution is -2.22. The van der Waals surface area contributed by atoms with Crippen LogP contribution in [0.2, 0.25) is 0 Å². The highest BCUT2D eigenvalue weighted by atomic mass is 32.2. The largest absolute Gasteiger partial charge is 0.468 e. The highest BCUT2D eigenvalue weighted by Crippen LogP contribution is 2.22. The molecule has 158 valence electrons. The molecule has 1 heterocycles. The summed E-state index contributed by atoms with van der Waals surface area (Å²) in [5.74, 6) is -1.10. The van der Waals surface area contributed by atoms with Gasteiger partial charge in [0.1, 0.15) is 6.54 Å². The van der Waals surface area contributed by atoms with Crippen molar-refractivity contribution in [1.82, 2.24) is 4.57 Å². The van der Waals surface area contributed by atoms with Crippen LogP contribution in [0.5, 0.6) is 0 Å². The molecule has 9 heteroatoms. The van der Waals surface area contributed by atoms with Crippen molar-refractivity contribution in [3.05, 3.63) is 57.9 Å². The quantitative estimate of drug-likeness (QED) is 0.562. The number of hydrogen-bond donors (Lipinski definition) is 0. The molecule has 2 aromatic carbocycles. The zero-order valence-corrected chi connectivity index (χ0v) is 18.8. The second kappa shape index (κ2) is 8.53. The van der Waals surface area contributed by atoms with E-state index in [-0.39, 0.29) is 22.8 Å². The van der Waals surface area contributed by atoms with Crippen LogP contribution in [0.25, 0.3) is 10.2 Å². The predicted molar refractivity (Wildman–Crippen MR) is 115 cm³/mol. The summed E-state index contributed by atoms with van der Waals surface area (Å²) in [4.78, 5) is 29.4. The molecule has 0 aliphatic heterocycles. The van der Waals surface area contributed by atoms with E-state index in [0.717, 1.165) is 21.3 Å². The van der Waals surface area contributed by atoms with E-state index in [4.69, 9.17) is 4.74 Å². The average Bonchev–Trinajstić information content (AvgIpc) is 3.04. The molecule has 0 aliphatic rings. The number of sulfone groups is 1. The number of esters is 1. The number of carbonyl (C=O) groups excluding carboxylic acids is 2. The molecular weight excluding hydrogens is 424 g/mol. The highest BCUT2D eigenvalue weighted by molar-refractivity contribution is 7.91. The summed E-state index contributed by atoms with van der Waals surface area (Å²) in [6.07, 6.45) is 0. The zero-order valence-electron chi connectivity index (χ0n) is 17.1. The maximum atomic E-state index is 12.8. The minimum absolute atomic E-state index is 0.0596. The number of hydrogen-bond acceptors (Lipinski definition) is 6. The van der Waals surface area contributed by atoms with Gasteiger partial charge in [-0.25, -0.2) is 8.42 Å². The lowest BCUT2D eigenvalue weighted by Gasteiger charge is -2.06. The van der Waals surface area contributed by atoms with Crippen molar-refractivity contribution in [3.63, 3.8) is 0 Å². The molecule has 3 rings (SSSR count). The van der Waals surface area contributed by atoms with Crippen molar-refractivity contribution >= 4 is 43.3 Å². The standard InChI is InChI=1S/C21H22N2O5S2/c1-5-30(26,27)16-8-6-7-15(11-16)20(25)22-21-23(12-19(24)28-4)17-9-13(2)14(3)10-18(17)29-21/h6-11H,5,12H2,1-4H3. The fraction of sp³-hybridized carbons (Fsp3) is 0.286. The van der Waals surface area contributed by atoms with Gasteiger partial charge in [0.25, 0.3) is 5.91 Å². The molecule has 0 saturated heterocycles.